The fraction of sp³-hybridized carbons (Fsp3) is 0.0833. The van der Waals surface area contributed by atoms with E-state index in [-0.39, 0.29) is 16.6 Å². The molecule has 6 nitrogen and oxygen atoms in total. The van der Waals surface area contributed by atoms with E-state index in [1.165, 1.54) is 0 Å². The lowest BCUT2D eigenvalue weighted by Gasteiger charge is -2.08. The molecule has 0 spiro atoms. The minimum Gasteiger partial charge on any atom is -0.505 e. The number of primary amides is 1. The highest BCUT2D eigenvalue weighted by Crippen LogP contribution is 2.31. The number of halogens is 1. The van der Waals surface area contributed by atoms with Crippen LogP contribution in [0, 0.1) is 0 Å². The number of carbonyl (C=O) groups is 2. The summed E-state index contributed by atoms with van der Waals surface area (Å²) in [5.74, 6) is -2.13. The first-order valence-electron chi connectivity index (χ1n) is 5.23. The third kappa shape index (κ3) is 2.58. The maximum absolute atomic E-state index is 11.7. The van der Waals surface area contributed by atoms with Crippen molar-refractivity contribution in [3.63, 3.8) is 0 Å². The SMILES string of the molecule is NC(=O)COC(=O)c1nc(Cl)c2ccccc2c1O. The highest BCUT2D eigenvalue weighted by Gasteiger charge is 2.20. The molecule has 0 aliphatic heterocycles. The van der Waals surface area contributed by atoms with Crippen LogP contribution < -0.4 is 5.73 Å². The Morgan fingerprint density at radius 1 is 1.32 bits per heavy atom. The second-order valence-corrected chi connectivity index (χ2v) is 4.05. The van der Waals surface area contributed by atoms with Crippen LogP contribution in [-0.2, 0) is 9.53 Å². The Morgan fingerprint density at radius 3 is 2.58 bits per heavy atom. The fourth-order valence-electron chi connectivity index (χ4n) is 1.56. The summed E-state index contributed by atoms with van der Waals surface area (Å²) in [6, 6.07) is 6.64. The predicted octanol–water partition coefficient (Wildman–Crippen LogP) is 1.24. The lowest BCUT2D eigenvalue weighted by molar-refractivity contribution is -0.121. The number of benzene rings is 1. The monoisotopic (exact) mass is 280 g/mol. The van der Waals surface area contributed by atoms with Crippen LogP contribution >= 0.6 is 11.6 Å². The smallest absolute Gasteiger partial charge is 0.361 e. The topological polar surface area (TPSA) is 103 Å². The minimum absolute atomic E-state index is 0.0550. The van der Waals surface area contributed by atoms with Gasteiger partial charge in [0.15, 0.2) is 18.1 Å². The summed E-state index contributed by atoms with van der Waals surface area (Å²) in [5, 5.41) is 10.9. The summed E-state index contributed by atoms with van der Waals surface area (Å²) >= 11 is 5.92. The van der Waals surface area contributed by atoms with Crippen molar-refractivity contribution in [3.05, 3.63) is 35.1 Å². The molecule has 3 N–H and O–H groups in total. The van der Waals surface area contributed by atoms with Crippen LogP contribution in [0.5, 0.6) is 5.75 Å². The number of fused-ring (bicyclic) bond motifs is 1. The molecule has 7 heteroatoms. The van der Waals surface area contributed by atoms with Crippen LogP contribution in [0.3, 0.4) is 0 Å². The molecule has 0 fully saturated rings. The van der Waals surface area contributed by atoms with Crippen molar-refractivity contribution in [2.45, 2.75) is 0 Å². The highest BCUT2D eigenvalue weighted by molar-refractivity contribution is 6.34. The van der Waals surface area contributed by atoms with Gasteiger partial charge in [0.05, 0.1) is 0 Å². The molecule has 0 saturated carbocycles. The molecule has 0 saturated heterocycles. The third-order valence-corrected chi connectivity index (χ3v) is 2.67. The molecule has 98 valence electrons. The van der Waals surface area contributed by atoms with E-state index in [4.69, 9.17) is 17.3 Å². The number of rotatable bonds is 3. The number of nitrogens with two attached hydrogens (primary N) is 1. The number of hydrogen-bond acceptors (Lipinski definition) is 5. The normalized spacial score (nSPS) is 10.4. The van der Waals surface area contributed by atoms with Gasteiger partial charge in [-0.2, -0.15) is 0 Å². The van der Waals surface area contributed by atoms with E-state index in [1.807, 2.05) is 0 Å². The zero-order chi connectivity index (χ0) is 14.0. The molecule has 2 rings (SSSR count). The summed E-state index contributed by atoms with van der Waals surface area (Å²) in [5.41, 5.74) is 4.50. The number of hydrogen-bond donors (Lipinski definition) is 2. The maximum atomic E-state index is 11.7. The Labute approximate surface area is 112 Å². The van der Waals surface area contributed by atoms with E-state index in [0.717, 1.165) is 0 Å². The second-order valence-electron chi connectivity index (χ2n) is 3.69. The van der Waals surface area contributed by atoms with Crippen molar-refractivity contribution in [3.8, 4) is 5.75 Å². The van der Waals surface area contributed by atoms with Gasteiger partial charge in [0.2, 0.25) is 0 Å². The van der Waals surface area contributed by atoms with Gasteiger partial charge < -0.3 is 15.6 Å². The molecule has 0 atom stereocenters. The molecule has 1 aromatic heterocycles. The minimum atomic E-state index is -0.969. The number of aromatic hydroxyl groups is 1. The Hall–Kier alpha value is -2.34. The number of carbonyl (C=O) groups excluding carboxylic acids is 2. The zero-order valence-corrected chi connectivity index (χ0v) is 10.3. The quantitative estimate of drug-likeness (QED) is 0.650. The number of pyridine rings is 1. The second kappa shape index (κ2) is 5.11. The number of amides is 1. The first-order valence-corrected chi connectivity index (χ1v) is 5.61. The Morgan fingerprint density at radius 2 is 1.95 bits per heavy atom. The van der Waals surface area contributed by atoms with Gasteiger partial charge in [-0.25, -0.2) is 9.78 Å². The summed E-state index contributed by atoms with van der Waals surface area (Å²) in [6.07, 6.45) is 0. The molecule has 0 aliphatic carbocycles. The average Bonchev–Trinajstić information content (AvgIpc) is 2.40. The van der Waals surface area contributed by atoms with Crippen LogP contribution in [0.2, 0.25) is 5.15 Å². The number of nitrogens with zero attached hydrogens (tertiary/aromatic N) is 1. The largest absolute Gasteiger partial charge is 0.505 e. The van der Waals surface area contributed by atoms with Gasteiger partial charge in [0.25, 0.3) is 5.91 Å². The molecule has 1 heterocycles. The van der Waals surface area contributed by atoms with Crippen LogP contribution in [0.4, 0.5) is 0 Å². The van der Waals surface area contributed by atoms with Crippen LogP contribution in [0.15, 0.2) is 24.3 Å². The molecule has 0 bridgehead atoms. The fourth-order valence-corrected chi connectivity index (χ4v) is 1.81. The van der Waals surface area contributed by atoms with Gasteiger partial charge in [0.1, 0.15) is 5.15 Å². The van der Waals surface area contributed by atoms with E-state index in [2.05, 4.69) is 9.72 Å². The van der Waals surface area contributed by atoms with Gasteiger partial charge in [-0.3, -0.25) is 4.79 Å². The standard InChI is InChI=1S/C12H9ClN2O4/c13-11-7-4-2-1-3-6(7)10(17)9(15-11)12(18)19-5-8(14)16/h1-4,17H,5H2,(H2,14,16). The van der Waals surface area contributed by atoms with Crippen LogP contribution in [-0.4, -0.2) is 28.6 Å². The molecular formula is C12H9ClN2O4. The van der Waals surface area contributed by atoms with Crippen LogP contribution in [0.1, 0.15) is 10.5 Å². The average molecular weight is 281 g/mol. The van der Waals surface area contributed by atoms with Crippen molar-refractivity contribution in [2.75, 3.05) is 6.61 Å². The van der Waals surface area contributed by atoms with Gasteiger partial charge in [0, 0.05) is 10.8 Å². The van der Waals surface area contributed by atoms with E-state index < -0.39 is 18.5 Å². The summed E-state index contributed by atoms with van der Waals surface area (Å²) < 4.78 is 4.58. The predicted molar refractivity (Wildman–Crippen MR) is 67.9 cm³/mol. The first-order chi connectivity index (χ1) is 9.00. The van der Waals surface area contributed by atoms with Crippen molar-refractivity contribution in [1.82, 2.24) is 4.98 Å². The van der Waals surface area contributed by atoms with Crippen molar-refractivity contribution in [2.24, 2.45) is 5.73 Å². The lowest BCUT2D eigenvalue weighted by Crippen LogP contribution is -2.21. The Bertz CT molecular complexity index is 672. The van der Waals surface area contributed by atoms with Gasteiger partial charge in [-0.1, -0.05) is 35.9 Å². The third-order valence-electron chi connectivity index (χ3n) is 2.38. The first kappa shape index (κ1) is 13.1. The van der Waals surface area contributed by atoms with Gasteiger partial charge in [-0.15, -0.1) is 0 Å². The summed E-state index contributed by atoms with van der Waals surface area (Å²) in [7, 11) is 0. The number of ether oxygens (including phenoxy) is 1. The maximum Gasteiger partial charge on any atom is 0.361 e. The van der Waals surface area contributed by atoms with Crippen molar-refractivity contribution >= 4 is 34.2 Å². The van der Waals surface area contributed by atoms with Gasteiger partial charge >= 0.3 is 5.97 Å². The molecule has 0 aliphatic rings. The van der Waals surface area contributed by atoms with Gasteiger partial charge in [-0.05, 0) is 0 Å². The molecule has 0 radical (unpaired) electrons. The summed E-state index contributed by atoms with van der Waals surface area (Å²) in [4.78, 5) is 26.0. The molecular weight excluding hydrogens is 272 g/mol. The highest BCUT2D eigenvalue weighted by atomic mass is 35.5. The zero-order valence-electron chi connectivity index (χ0n) is 9.59. The van der Waals surface area contributed by atoms with Crippen LogP contribution in [0.25, 0.3) is 10.8 Å². The Balaban J connectivity index is 2.47. The van der Waals surface area contributed by atoms with E-state index in [9.17, 15) is 14.7 Å². The van der Waals surface area contributed by atoms with Crippen molar-refractivity contribution < 1.29 is 19.4 Å². The molecule has 1 amide bonds. The number of aromatic nitrogens is 1. The van der Waals surface area contributed by atoms with Crippen molar-refractivity contribution in [1.29, 1.82) is 0 Å². The Kier molecular flexibility index (Phi) is 3.52. The molecule has 2 aromatic rings. The molecule has 0 unspecified atom stereocenters. The number of esters is 1. The van der Waals surface area contributed by atoms with E-state index in [1.54, 1.807) is 24.3 Å². The summed E-state index contributed by atoms with van der Waals surface area (Å²) in [6.45, 7) is -0.593. The van der Waals surface area contributed by atoms with E-state index >= 15 is 0 Å². The lowest BCUT2D eigenvalue weighted by atomic mass is 10.1. The molecule has 1 aromatic carbocycles. The molecule has 19 heavy (non-hydrogen) atoms. The van der Waals surface area contributed by atoms with E-state index in [0.29, 0.717) is 10.8 Å².